The van der Waals surface area contributed by atoms with Gasteiger partial charge in [-0.15, -0.1) is 0 Å². The van der Waals surface area contributed by atoms with Gasteiger partial charge in [-0.2, -0.15) is 0 Å². The number of hydrogen-bond donors (Lipinski definition) is 1. The van der Waals surface area contributed by atoms with Crippen molar-refractivity contribution in [2.45, 2.75) is 19.8 Å². The second-order valence-corrected chi connectivity index (χ2v) is 4.31. The Morgan fingerprint density at radius 2 is 2.10 bits per heavy atom. The van der Waals surface area contributed by atoms with E-state index in [1.807, 2.05) is 31.2 Å². The molecule has 20 heavy (non-hydrogen) atoms. The van der Waals surface area contributed by atoms with Gasteiger partial charge in [-0.25, -0.2) is 0 Å². The topological polar surface area (TPSA) is 64.8 Å². The van der Waals surface area contributed by atoms with Crippen LogP contribution in [0.25, 0.3) is 0 Å². The van der Waals surface area contributed by atoms with Crippen LogP contribution in [-0.2, 0) is 9.53 Å². The predicted molar refractivity (Wildman–Crippen MR) is 80.1 cm³/mol. The molecule has 0 aliphatic heterocycles. The Bertz CT molecular complexity index is 410. The predicted octanol–water partition coefficient (Wildman–Crippen LogP) is 1.80. The number of anilines is 1. The zero-order valence-electron chi connectivity index (χ0n) is 12.3. The fourth-order valence-electron chi connectivity index (χ4n) is 1.92. The quantitative estimate of drug-likeness (QED) is 0.701. The molecule has 0 atom stereocenters. The average molecular weight is 280 g/mol. The molecule has 5 nitrogen and oxygen atoms in total. The Hall–Kier alpha value is -1.59. The van der Waals surface area contributed by atoms with Crippen molar-refractivity contribution < 1.29 is 14.3 Å². The first-order chi connectivity index (χ1) is 9.74. The average Bonchev–Trinajstić information content (AvgIpc) is 2.48. The number of carbonyl (C=O) groups is 1. The number of rotatable bonds is 9. The summed E-state index contributed by atoms with van der Waals surface area (Å²) in [5.74, 6) is 0.714. The SMILES string of the molecule is CCOCCC(=O)N(CCCN)c1ccccc1OC. The van der Waals surface area contributed by atoms with Gasteiger partial charge in [0.05, 0.1) is 25.8 Å². The first kappa shape index (κ1) is 16.5. The Kier molecular flexibility index (Phi) is 7.69. The second kappa shape index (κ2) is 9.34. The molecule has 0 aliphatic carbocycles. The molecule has 0 heterocycles. The zero-order valence-corrected chi connectivity index (χ0v) is 12.3. The van der Waals surface area contributed by atoms with Gasteiger partial charge in [-0.1, -0.05) is 12.1 Å². The zero-order chi connectivity index (χ0) is 14.8. The van der Waals surface area contributed by atoms with Crippen LogP contribution in [0.2, 0.25) is 0 Å². The summed E-state index contributed by atoms with van der Waals surface area (Å²) >= 11 is 0. The molecule has 0 bridgehead atoms. The van der Waals surface area contributed by atoms with Crippen molar-refractivity contribution in [1.82, 2.24) is 0 Å². The highest BCUT2D eigenvalue weighted by Crippen LogP contribution is 2.28. The van der Waals surface area contributed by atoms with E-state index in [4.69, 9.17) is 15.2 Å². The van der Waals surface area contributed by atoms with Gasteiger partial charge in [0.25, 0.3) is 0 Å². The molecule has 0 spiro atoms. The Morgan fingerprint density at radius 3 is 2.75 bits per heavy atom. The summed E-state index contributed by atoms with van der Waals surface area (Å²) in [5, 5.41) is 0. The number of hydrogen-bond acceptors (Lipinski definition) is 4. The van der Waals surface area contributed by atoms with Crippen molar-refractivity contribution in [3.05, 3.63) is 24.3 Å². The summed E-state index contributed by atoms with van der Waals surface area (Å²) in [5.41, 5.74) is 6.34. The summed E-state index contributed by atoms with van der Waals surface area (Å²) < 4.78 is 10.6. The number of nitrogens with zero attached hydrogens (tertiary/aromatic N) is 1. The van der Waals surface area contributed by atoms with E-state index in [0.717, 1.165) is 12.1 Å². The highest BCUT2D eigenvalue weighted by molar-refractivity contribution is 5.94. The van der Waals surface area contributed by atoms with Crippen molar-refractivity contribution in [3.8, 4) is 5.75 Å². The highest BCUT2D eigenvalue weighted by atomic mass is 16.5. The molecule has 0 aliphatic rings. The Labute approximate surface area is 120 Å². The smallest absolute Gasteiger partial charge is 0.229 e. The van der Waals surface area contributed by atoms with Gasteiger partial charge >= 0.3 is 0 Å². The van der Waals surface area contributed by atoms with Gasteiger partial charge in [0.15, 0.2) is 0 Å². The molecule has 0 fully saturated rings. The first-order valence-electron chi connectivity index (χ1n) is 6.95. The van der Waals surface area contributed by atoms with Crippen LogP contribution in [0, 0.1) is 0 Å². The van der Waals surface area contributed by atoms with Crippen molar-refractivity contribution >= 4 is 11.6 Å². The number of para-hydroxylation sites is 2. The van der Waals surface area contributed by atoms with E-state index in [0.29, 0.717) is 38.5 Å². The highest BCUT2D eigenvalue weighted by Gasteiger charge is 2.18. The van der Waals surface area contributed by atoms with E-state index < -0.39 is 0 Å². The summed E-state index contributed by atoms with van der Waals surface area (Å²) in [4.78, 5) is 14.1. The molecule has 1 rings (SSSR count). The maximum Gasteiger partial charge on any atom is 0.229 e. The van der Waals surface area contributed by atoms with Crippen molar-refractivity contribution in [2.75, 3.05) is 38.3 Å². The maximum absolute atomic E-state index is 12.3. The molecule has 1 amide bonds. The molecule has 0 unspecified atom stereocenters. The normalized spacial score (nSPS) is 10.3. The summed E-state index contributed by atoms with van der Waals surface area (Å²) in [6, 6.07) is 7.51. The lowest BCUT2D eigenvalue weighted by Gasteiger charge is -2.24. The van der Waals surface area contributed by atoms with Gasteiger partial charge < -0.3 is 20.1 Å². The number of amides is 1. The van der Waals surface area contributed by atoms with E-state index in [1.165, 1.54) is 0 Å². The molecule has 1 aromatic carbocycles. The van der Waals surface area contributed by atoms with Crippen LogP contribution in [0.5, 0.6) is 5.75 Å². The number of carbonyl (C=O) groups excluding carboxylic acids is 1. The standard InChI is InChI=1S/C15H24N2O3/c1-3-20-12-9-15(18)17(11-6-10-16)13-7-4-5-8-14(13)19-2/h4-5,7-8H,3,6,9-12,16H2,1-2H3. The van der Waals surface area contributed by atoms with Gasteiger partial charge in [0.2, 0.25) is 5.91 Å². The van der Waals surface area contributed by atoms with Gasteiger partial charge in [0.1, 0.15) is 5.75 Å². The van der Waals surface area contributed by atoms with Gasteiger partial charge in [-0.3, -0.25) is 4.79 Å². The molecule has 112 valence electrons. The molecular weight excluding hydrogens is 256 g/mol. The molecule has 0 saturated heterocycles. The number of ether oxygens (including phenoxy) is 2. The Morgan fingerprint density at radius 1 is 1.35 bits per heavy atom. The van der Waals surface area contributed by atoms with E-state index in [1.54, 1.807) is 12.0 Å². The van der Waals surface area contributed by atoms with Crippen LogP contribution in [0.1, 0.15) is 19.8 Å². The summed E-state index contributed by atoms with van der Waals surface area (Å²) in [6.45, 7) is 4.09. The van der Waals surface area contributed by atoms with Crippen LogP contribution < -0.4 is 15.4 Å². The monoisotopic (exact) mass is 280 g/mol. The van der Waals surface area contributed by atoms with E-state index in [9.17, 15) is 4.79 Å². The molecule has 0 radical (unpaired) electrons. The minimum absolute atomic E-state index is 0.0244. The minimum atomic E-state index is 0.0244. The van der Waals surface area contributed by atoms with Crippen molar-refractivity contribution in [3.63, 3.8) is 0 Å². The second-order valence-electron chi connectivity index (χ2n) is 4.31. The van der Waals surface area contributed by atoms with E-state index in [-0.39, 0.29) is 5.91 Å². The lowest BCUT2D eigenvalue weighted by Crippen LogP contribution is -2.33. The van der Waals surface area contributed by atoms with E-state index in [2.05, 4.69) is 0 Å². The third kappa shape index (κ3) is 4.83. The van der Waals surface area contributed by atoms with E-state index >= 15 is 0 Å². The molecular formula is C15H24N2O3. The van der Waals surface area contributed by atoms with Crippen LogP contribution in [-0.4, -0.2) is 39.3 Å². The molecule has 1 aromatic rings. The largest absolute Gasteiger partial charge is 0.495 e. The summed E-state index contributed by atoms with van der Waals surface area (Å²) in [6.07, 6.45) is 1.11. The third-order valence-electron chi connectivity index (χ3n) is 2.93. The molecule has 0 saturated carbocycles. The van der Waals surface area contributed by atoms with Crippen LogP contribution in [0.3, 0.4) is 0 Å². The fourth-order valence-corrected chi connectivity index (χ4v) is 1.92. The lowest BCUT2D eigenvalue weighted by molar-refractivity contribution is -0.119. The minimum Gasteiger partial charge on any atom is -0.495 e. The maximum atomic E-state index is 12.3. The lowest BCUT2D eigenvalue weighted by atomic mass is 10.2. The van der Waals surface area contributed by atoms with Gasteiger partial charge in [-0.05, 0) is 32.0 Å². The van der Waals surface area contributed by atoms with Crippen molar-refractivity contribution in [1.29, 1.82) is 0 Å². The molecule has 5 heteroatoms. The van der Waals surface area contributed by atoms with Gasteiger partial charge in [0, 0.05) is 13.2 Å². The third-order valence-corrected chi connectivity index (χ3v) is 2.93. The summed E-state index contributed by atoms with van der Waals surface area (Å²) in [7, 11) is 1.60. The van der Waals surface area contributed by atoms with Crippen molar-refractivity contribution in [2.24, 2.45) is 5.73 Å². The van der Waals surface area contributed by atoms with Crippen LogP contribution in [0.4, 0.5) is 5.69 Å². The molecule has 2 N–H and O–H groups in total. The van der Waals surface area contributed by atoms with Crippen LogP contribution in [0.15, 0.2) is 24.3 Å². The fraction of sp³-hybridized carbons (Fsp3) is 0.533. The molecule has 0 aromatic heterocycles. The number of methoxy groups -OCH3 is 1. The number of benzene rings is 1. The first-order valence-corrected chi connectivity index (χ1v) is 6.95. The number of nitrogens with two attached hydrogens (primary N) is 1. The van der Waals surface area contributed by atoms with Crippen LogP contribution >= 0.6 is 0 Å². The Balaban J connectivity index is 2.84.